The average Bonchev–Trinajstić information content (AvgIpc) is 2.96. The smallest absolute Gasteiger partial charge is 0.0753 e. The van der Waals surface area contributed by atoms with E-state index in [1.165, 1.54) is 16.7 Å². The molecule has 0 radical (unpaired) electrons. The van der Waals surface area contributed by atoms with Gasteiger partial charge in [-0.1, -0.05) is 54.6 Å². The fraction of sp³-hybridized carbons (Fsp3) is 0.294. The van der Waals surface area contributed by atoms with Crippen LogP contribution in [0.5, 0.6) is 0 Å². The summed E-state index contributed by atoms with van der Waals surface area (Å²) in [4.78, 5) is 0. The summed E-state index contributed by atoms with van der Waals surface area (Å²) >= 11 is 0. The zero-order valence-corrected chi connectivity index (χ0v) is 10.3. The van der Waals surface area contributed by atoms with Crippen LogP contribution >= 0.6 is 0 Å². The molecule has 2 aromatic rings. The summed E-state index contributed by atoms with van der Waals surface area (Å²) in [6, 6.07) is 19.7. The lowest BCUT2D eigenvalue weighted by molar-refractivity contribution is 0.0972. The topological polar surface area (TPSA) is 9.23 Å². The molecule has 90 valence electrons. The van der Waals surface area contributed by atoms with Gasteiger partial charge in [0, 0.05) is 18.4 Å². The van der Waals surface area contributed by atoms with Gasteiger partial charge in [-0.15, -0.1) is 0 Å². The molecular formula is C17H16O. The van der Waals surface area contributed by atoms with E-state index in [-0.39, 0.29) is 5.41 Å². The summed E-state index contributed by atoms with van der Waals surface area (Å²) in [6.07, 6.45) is 2.50. The van der Waals surface area contributed by atoms with Crippen molar-refractivity contribution >= 4 is 0 Å². The molecule has 0 unspecified atom stereocenters. The van der Waals surface area contributed by atoms with Gasteiger partial charge in [-0.25, -0.2) is 0 Å². The van der Waals surface area contributed by atoms with Crippen molar-refractivity contribution in [3.8, 4) is 0 Å². The van der Waals surface area contributed by atoms with Gasteiger partial charge in [0.15, 0.2) is 0 Å². The van der Waals surface area contributed by atoms with Crippen molar-refractivity contribution in [3.63, 3.8) is 0 Å². The molecule has 1 heteroatoms. The highest BCUT2D eigenvalue weighted by Crippen LogP contribution is 2.51. The van der Waals surface area contributed by atoms with Crippen LogP contribution in [0.4, 0.5) is 0 Å². The van der Waals surface area contributed by atoms with Crippen LogP contribution in [0.3, 0.4) is 0 Å². The Labute approximate surface area is 107 Å². The SMILES string of the molecule is c1ccc([C@@]23CCO[C@@H]2Cc2ccccc23)cc1. The van der Waals surface area contributed by atoms with Gasteiger partial charge in [-0.05, 0) is 23.1 Å². The number of hydrogen-bond donors (Lipinski definition) is 0. The lowest BCUT2D eigenvalue weighted by Gasteiger charge is -2.29. The van der Waals surface area contributed by atoms with E-state index in [0.717, 1.165) is 19.4 Å². The summed E-state index contributed by atoms with van der Waals surface area (Å²) < 4.78 is 6.02. The maximum absolute atomic E-state index is 6.02. The van der Waals surface area contributed by atoms with Gasteiger partial charge in [0.2, 0.25) is 0 Å². The molecule has 0 amide bonds. The molecule has 0 saturated carbocycles. The molecule has 2 atom stereocenters. The zero-order chi connectivity index (χ0) is 12.0. The van der Waals surface area contributed by atoms with Gasteiger partial charge >= 0.3 is 0 Å². The largest absolute Gasteiger partial charge is 0.377 e. The van der Waals surface area contributed by atoms with E-state index in [1.54, 1.807) is 0 Å². The minimum absolute atomic E-state index is 0.109. The zero-order valence-electron chi connectivity index (χ0n) is 10.3. The normalized spacial score (nSPS) is 29.0. The number of fused-ring (bicyclic) bond motifs is 3. The molecule has 2 aromatic carbocycles. The molecule has 1 heterocycles. The second-order valence-corrected chi connectivity index (χ2v) is 5.31. The van der Waals surface area contributed by atoms with E-state index in [1.807, 2.05) is 0 Å². The molecular weight excluding hydrogens is 220 g/mol. The highest BCUT2D eigenvalue weighted by molar-refractivity contribution is 5.51. The number of hydrogen-bond acceptors (Lipinski definition) is 1. The third-order valence-electron chi connectivity index (χ3n) is 4.56. The molecule has 1 aliphatic heterocycles. The van der Waals surface area contributed by atoms with Crippen molar-refractivity contribution in [2.75, 3.05) is 6.61 Å². The first-order chi connectivity index (χ1) is 8.91. The quantitative estimate of drug-likeness (QED) is 0.738. The highest BCUT2D eigenvalue weighted by Gasteiger charge is 2.51. The van der Waals surface area contributed by atoms with E-state index in [0.29, 0.717) is 6.10 Å². The van der Waals surface area contributed by atoms with Crippen LogP contribution in [0.25, 0.3) is 0 Å². The third-order valence-corrected chi connectivity index (χ3v) is 4.56. The predicted octanol–water partition coefficient (Wildman–Crippen LogP) is 3.32. The Morgan fingerprint density at radius 1 is 0.944 bits per heavy atom. The van der Waals surface area contributed by atoms with Crippen molar-refractivity contribution in [2.24, 2.45) is 0 Å². The van der Waals surface area contributed by atoms with Gasteiger partial charge in [0.1, 0.15) is 0 Å². The number of rotatable bonds is 1. The van der Waals surface area contributed by atoms with Crippen LogP contribution in [-0.2, 0) is 16.6 Å². The number of ether oxygens (including phenoxy) is 1. The molecule has 4 rings (SSSR count). The van der Waals surface area contributed by atoms with Gasteiger partial charge < -0.3 is 4.74 Å². The van der Waals surface area contributed by atoms with Gasteiger partial charge in [-0.2, -0.15) is 0 Å². The monoisotopic (exact) mass is 236 g/mol. The van der Waals surface area contributed by atoms with Crippen LogP contribution in [-0.4, -0.2) is 12.7 Å². The highest BCUT2D eigenvalue weighted by atomic mass is 16.5. The maximum atomic E-state index is 6.02. The average molecular weight is 236 g/mol. The minimum atomic E-state index is 0.109. The van der Waals surface area contributed by atoms with Crippen LogP contribution in [0.1, 0.15) is 23.1 Å². The van der Waals surface area contributed by atoms with Crippen molar-refractivity contribution < 1.29 is 4.74 Å². The van der Waals surface area contributed by atoms with E-state index in [9.17, 15) is 0 Å². The molecule has 0 spiro atoms. The first-order valence-corrected chi connectivity index (χ1v) is 6.67. The van der Waals surface area contributed by atoms with E-state index >= 15 is 0 Å². The second kappa shape index (κ2) is 3.69. The van der Waals surface area contributed by atoms with Crippen LogP contribution in [0.2, 0.25) is 0 Å². The molecule has 1 saturated heterocycles. The lowest BCUT2D eigenvalue weighted by Crippen LogP contribution is -2.32. The molecule has 0 aromatic heterocycles. The van der Waals surface area contributed by atoms with Crippen molar-refractivity contribution in [1.29, 1.82) is 0 Å². The Morgan fingerprint density at radius 3 is 2.61 bits per heavy atom. The summed E-state index contributed by atoms with van der Waals surface area (Å²) in [5.41, 5.74) is 4.47. The molecule has 1 aliphatic carbocycles. The van der Waals surface area contributed by atoms with Crippen LogP contribution in [0.15, 0.2) is 54.6 Å². The Kier molecular flexibility index (Phi) is 2.12. The Hall–Kier alpha value is -1.60. The molecule has 0 N–H and O–H groups in total. The Morgan fingerprint density at radius 2 is 1.72 bits per heavy atom. The predicted molar refractivity (Wildman–Crippen MR) is 71.7 cm³/mol. The van der Waals surface area contributed by atoms with Gasteiger partial charge in [0.25, 0.3) is 0 Å². The standard InChI is InChI=1S/C17H16O/c1-2-7-14(8-3-1)17-10-11-18-16(17)12-13-6-4-5-9-15(13)17/h1-9,16H,10-12H2/t16-,17-/m1/s1. The Bertz CT molecular complexity index is 575. The van der Waals surface area contributed by atoms with Crippen LogP contribution < -0.4 is 0 Å². The van der Waals surface area contributed by atoms with Gasteiger partial charge in [0.05, 0.1) is 6.10 Å². The maximum Gasteiger partial charge on any atom is 0.0753 e. The Balaban J connectivity index is 1.97. The van der Waals surface area contributed by atoms with E-state index in [2.05, 4.69) is 54.6 Å². The molecule has 18 heavy (non-hydrogen) atoms. The second-order valence-electron chi connectivity index (χ2n) is 5.31. The molecule has 1 nitrogen and oxygen atoms in total. The first-order valence-electron chi connectivity index (χ1n) is 6.67. The van der Waals surface area contributed by atoms with E-state index < -0.39 is 0 Å². The van der Waals surface area contributed by atoms with Crippen LogP contribution in [0, 0.1) is 0 Å². The minimum Gasteiger partial charge on any atom is -0.377 e. The molecule has 1 fully saturated rings. The first kappa shape index (κ1) is 10.3. The third kappa shape index (κ3) is 1.20. The van der Waals surface area contributed by atoms with Crippen molar-refractivity contribution in [3.05, 3.63) is 71.3 Å². The summed E-state index contributed by atoms with van der Waals surface area (Å²) in [6.45, 7) is 0.883. The van der Waals surface area contributed by atoms with E-state index in [4.69, 9.17) is 4.74 Å². The lowest BCUT2D eigenvalue weighted by atomic mass is 9.73. The summed E-state index contributed by atoms with van der Waals surface area (Å²) in [7, 11) is 0. The molecule has 2 aliphatic rings. The number of benzene rings is 2. The summed E-state index contributed by atoms with van der Waals surface area (Å²) in [5, 5.41) is 0. The fourth-order valence-corrected chi connectivity index (χ4v) is 3.76. The fourth-order valence-electron chi connectivity index (χ4n) is 3.76. The van der Waals surface area contributed by atoms with Gasteiger partial charge in [-0.3, -0.25) is 0 Å². The summed E-state index contributed by atoms with van der Waals surface area (Å²) in [5.74, 6) is 0. The molecule has 0 bridgehead atoms. The van der Waals surface area contributed by atoms with Crippen molar-refractivity contribution in [1.82, 2.24) is 0 Å². The van der Waals surface area contributed by atoms with Crippen molar-refractivity contribution in [2.45, 2.75) is 24.4 Å².